The number of nitrogens with zero attached hydrogens (tertiary/aromatic N) is 1. The molecule has 2 rings (SSSR count). The molecule has 0 saturated carbocycles. The van der Waals surface area contributed by atoms with Gasteiger partial charge in [-0.05, 0) is 23.8 Å². The first kappa shape index (κ1) is 13.3. The quantitative estimate of drug-likeness (QED) is 0.874. The van der Waals surface area contributed by atoms with Gasteiger partial charge in [0.2, 0.25) is 0 Å². The number of anilines is 1. The molecule has 0 bridgehead atoms. The third-order valence-electron chi connectivity index (χ3n) is 2.44. The molecule has 7 heteroatoms. The summed E-state index contributed by atoms with van der Waals surface area (Å²) in [5.74, 6) is -1.01. The fraction of sp³-hybridized carbons (Fsp3) is 0.167. The summed E-state index contributed by atoms with van der Waals surface area (Å²) in [6.07, 6.45) is 0. The predicted octanol–water partition coefficient (Wildman–Crippen LogP) is 2.33. The first-order chi connectivity index (χ1) is 9.06. The third kappa shape index (κ3) is 2.50. The number of aromatic nitrogens is 1. The van der Waals surface area contributed by atoms with Crippen molar-refractivity contribution in [2.24, 2.45) is 0 Å². The maximum atomic E-state index is 13.7. The van der Waals surface area contributed by atoms with Crippen LogP contribution in [0.2, 0.25) is 0 Å². The largest absolute Gasteiger partial charge is 0.494 e. The summed E-state index contributed by atoms with van der Waals surface area (Å²) in [5.41, 5.74) is 6.16. The summed E-state index contributed by atoms with van der Waals surface area (Å²) in [7, 11) is 2.62. The van der Waals surface area contributed by atoms with E-state index in [0.29, 0.717) is 10.4 Å². The van der Waals surface area contributed by atoms with E-state index in [0.717, 1.165) is 11.3 Å². The van der Waals surface area contributed by atoms with Crippen molar-refractivity contribution in [2.45, 2.75) is 0 Å². The van der Waals surface area contributed by atoms with Gasteiger partial charge in [-0.3, -0.25) is 0 Å². The van der Waals surface area contributed by atoms with E-state index in [1.165, 1.54) is 26.4 Å². The van der Waals surface area contributed by atoms with Crippen LogP contribution in [0.1, 0.15) is 10.5 Å². The number of halogens is 1. The highest BCUT2D eigenvalue weighted by Gasteiger charge is 2.20. The molecule has 1 heterocycles. The standard InChI is InChI=1S/C12H11FN2O3S/c1-17-8-4-3-6(5-7(8)13)10-9(11(16)18-2)15-12(14)19-10/h3-5H,1-2H3,(H2,14,15). The molecule has 0 aliphatic carbocycles. The average Bonchev–Trinajstić information content (AvgIpc) is 2.79. The number of nitrogens with two attached hydrogens (primary N) is 1. The number of hydrogen-bond donors (Lipinski definition) is 1. The third-order valence-corrected chi connectivity index (χ3v) is 3.37. The van der Waals surface area contributed by atoms with E-state index in [-0.39, 0.29) is 16.6 Å². The number of benzene rings is 1. The van der Waals surface area contributed by atoms with Gasteiger partial charge in [0, 0.05) is 0 Å². The lowest BCUT2D eigenvalue weighted by Crippen LogP contribution is -2.03. The number of nitrogen functional groups attached to an aromatic ring is 1. The number of ether oxygens (including phenoxy) is 2. The van der Waals surface area contributed by atoms with Crippen LogP contribution in [0.3, 0.4) is 0 Å². The molecule has 0 amide bonds. The second kappa shape index (κ2) is 5.23. The molecule has 0 aliphatic heterocycles. The summed E-state index contributed by atoms with van der Waals surface area (Å²) in [4.78, 5) is 15.9. The Hall–Kier alpha value is -2.15. The lowest BCUT2D eigenvalue weighted by molar-refractivity contribution is 0.0596. The van der Waals surface area contributed by atoms with Gasteiger partial charge in [0.25, 0.3) is 0 Å². The van der Waals surface area contributed by atoms with E-state index in [1.807, 2.05) is 0 Å². The van der Waals surface area contributed by atoms with E-state index in [1.54, 1.807) is 6.07 Å². The number of methoxy groups -OCH3 is 2. The van der Waals surface area contributed by atoms with Crippen LogP contribution in [0.5, 0.6) is 5.75 Å². The van der Waals surface area contributed by atoms with Crippen LogP contribution in [0, 0.1) is 5.82 Å². The fourth-order valence-electron chi connectivity index (χ4n) is 1.57. The second-order valence-corrected chi connectivity index (χ2v) is 4.60. The van der Waals surface area contributed by atoms with Gasteiger partial charge in [0.05, 0.1) is 19.1 Å². The van der Waals surface area contributed by atoms with Crippen LogP contribution in [0.25, 0.3) is 10.4 Å². The van der Waals surface area contributed by atoms with E-state index < -0.39 is 11.8 Å². The van der Waals surface area contributed by atoms with Crippen molar-refractivity contribution >= 4 is 22.4 Å². The predicted molar refractivity (Wildman–Crippen MR) is 69.8 cm³/mol. The Morgan fingerprint density at radius 1 is 1.42 bits per heavy atom. The molecule has 1 aromatic heterocycles. The van der Waals surface area contributed by atoms with Gasteiger partial charge in [-0.1, -0.05) is 11.3 Å². The molecule has 2 aromatic rings. The molecule has 0 spiro atoms. The zero-order chi connectivity index (χ0) is 14.0. The van der Waals surface area contributed by atoms with Crippen molar-refractivity contribution in [3.05, 3.63) is 29.7 Å². The van der Waals surface area contributed by atoms with Gasteiger partial charge in [0.15, 0.2) is 22.4 Å². The smallest absolute Gasteiger partial charge is 0.358 e. The molecule has 0 atom stereocenters. The Labute approximate surface area is 112 Å². The Kier molecular flexibility index (Phi) is 3.66. The number of esters is 1. The normalized spacial score (nSPS) is 10.3. The van der Waals surface area contributed by atoms with Gasteiger partial charge in [-0.15, -0.1) is 0 Å². The summed E-state index contributed by atoms with van der Waals surface area (Å²) in [5, 5.41) is 0.214. The minimum Gasteiger partial charge on any atom is -0.494 e. The molecule has 0 fully saturated rings. The molecule has 2 N–H and O–H groups in total. The van der Waals surface area contributed by atoms with Crippen molar-refractivity contribution in [1.29, 1.82) is 0 Å². The summed E-state index contributed by atoms with van der Waals surface area (Å²) in [6.45, 7) is 0. The van der Waals surface area contributed by atoms with E-state index in [4.69, 9.17) is 10.5 Å². The van der Waals surface area contributed by atoms with Crippen molar-refractivity contribution < 1.29 is 18.7 Å². The highest BCUT2D eigenvalue weighted by Crippen LogP contribution is 2.34. The minimum atomic E-state index is -0.612. The van der Waals surface area contributed by atoms with Gasteiger partial charge in [0.1, 0.15) is 0 Å². The van der Waals surface area contributed by atoms with Gasteiger partial charge >= 0.3 is 5.97 Å². The maximum Gasteiger partial charge on any atom is 0.358 e. The molecule has 0 radical (unpaired) electrons. The van der Waals surface area contributed by atoms with Crippen molar-refractivity contribution in [2.75, 3.05) is 20.0 Å². The topological polar surface area (TPSA) is 74.4 Å². The monoisotopic (exact) mass is 282 g/mol. The van der Waals surface area contributed by atoms with Crippen LogP contribution < -0.4 is 10.5 Å². The van der Waals surface area contributed by atoms with E-state index in [9.17, 15) is 9.18 Å². The highest BCUT2D eigenvalue weighted by atomic mass is 32.1. The molecule has 1 aromatic carbocycles. The van der Waals surface area contributed by atoms with Crippen molar-refractivity contribution in [1.82, 2.24) is 4.98 Å². The Morgan fingerprint density at radius 2 is 2.16 bits per heavy atom. The zero-order valence-electron chi connectivity index (χ0n) is 10.3. The average molecular weight is 282 g/mol. The molecule has 5 nitrogen and oxygen atoms in total. The number of hydrogen-bond acceptors (Lipinski definition) is 6. The fourth-order valence-corrected chi connectivity index (χ4v) is 2.39. The Bertz CT molecular complexity index is 627. The van der Waals surface area contributed by atoms with Gasteiger partial charge in [-0.2, -0.15) is 0 Å². The number of thiazole rings is 1. The molecule has 19 heavy (non-hydrogen) atoms. The lowest BCUT2D eigenvalue weighted by atomic mass is 10.1. The highest BCUT2D eigenvalue weighted by molar-refractivity contribution is 7.19. The van der Waals surface area contributed by atoms with Gasteiger partial charge in [-0.25, -0.2) is 14.2 Å². The van der Waals surface area contributed by atoms with Crippen LogP contribution in [0.15, 0.2) is 18.2 Å². The number of carbonyl (C=O) groups excluding carboxylic acids is 1. The minimum absolute atomic E-state index is 0.0783. The number of carbonyl (C=O) groups is 1. The van der Waals surface area contributed by atoms with Gasteiger partial charge < -0.3 is 15.2 Å². The molecule has 0 saturated heterocycles. The molecule has 0 aliphatic rings. The van der Waals surface area contributed by atoms with E-state index in [2.05, 4.69) is 9.72 Å². The summed E-state index contributed by atoms with van der Waals surface area (Å²) >= 11 is 1.09. The maximum absolute atomic E-state index is 13.7. The van der Waals surface area contributed by atoms with Crippen LogP contribution in [-0.2, 0) is 4.74 Å². The Morgan fingerprint density at radius 3 is 2.74 bits per heavy atom. The van der Waals surface area contributed by atoms with Crippen LogP contribution in [0.4, 0.5) is 9.52 Å². The summed E-state index contributed by atoms with van der Waals surface area (Å²) in [6, 6.07) is 4.36. The first-order valence-corrected chi connectivity index (χ1v) is 6.07. The first-order valence-electron chi connectivity index (χ1n) is 5.25. The second-order valence-electron chi connectivity index (χ2n) is 3.57. The number of rotatable bonds is 3. The van der Waals surface area contributed by atoms with Crippen molar-refractivity contribution in [3.63, 3.8) is 0 Å². The SMILES string of the molecule is COC(=O)c1nc(N)sc1-c1ccc(OC)c(F)c1. The van der Waals surface area contributed by atoms with Crippen LogP contribution in [-0.4, -0.2) is 25.2 Å². The van der Waals surface area contributed by atoms with E-state index >= 15 is 0 Å². The van der Waals surface area contributed by atoms with Crippen molar-refractivity contribution in [3.8, 4) is 16.2 Å². The molecular formula is C12H11FN2O3S. The molecule has 100 valence electrons. The summed E-state index contributed by atoms with van der Waals surface area (Å²) < 4.78 is 23.1. The Balaban J connectivity index is 2.52. The molecule has 0 unspecified atom stereocenters. The molecular weight excluding hydrogens is 271 g/mol. The lowest BCUT2D eigenvalue weighted by Gasteiger charge is -2.04. The van der Waals surface area contributed by atoms with Crippen LogP contribution >= 0.6 is 11.3 Å². The zero-order valence-corrected chi connectivity index (χ0v) is 11.1.